The zero-order valence-electron chi connectivity index (χ0n) is 12.9. The number of benzene rings is 1. The lowest BCUT2D eigenvalue weighted by Gasteiger charge is -2.45. The molecule has 2 nitrogen and oxygen atoms in total. The van der Waals surface area contributed by atoms with Crippen molar-refractivity contribution in [1.29, 1.82) is 0 Å². The highest BCUT2D eigenvalue weighted by Gasteiger charge is 2.31. The Labute approximate surface area is 123 Å². The van der Waals surface area contributed by atoms with Crippen LogP contribution in [0.15, 0.2) is 24.3 Å². The van der Waals surface area contributed by atoms with E-state index in [0.717, 1.165) is 18.6 Å². The molecule has 1 aliphatic carbocycles. The second kappa shape index (κ2) is 6.17. The summed E-state index contributed by atoms with van der Waals surface area (Å²) >= 11 is 0. The first-order valence-corrected chi connectivity index (χ1v) is 8.39. The Hall–Kier alpha value is -1.02. The summed E-state index contributed by atoms with van der Waals surface area (Å²) in [5.41, 5.74) is 3.07. The molecule has 1 aromatic carbocycles. The Morgan fingerprint density at radius 1 is 1.10 bits per heavy atom. The zero-order valence-corrected chi connectivity index (χ0v) is 12.9. The van der Waals surface area contributed by atoms with Crippen LogP contribution in [0.25, 0.3) is 0 Å². The summed E-state index contributed by atoms with van der Waals surface area (Å²) in [5.74, 6) is 0. The van der Waals surface area contributed by atoms with Gasteiger partial charge in [-0.15, -0.1) is 0 Å². The molecule has 0 amide bonds. The van der Waals surface area contributed by atoms with Crippen molar-refractivity contribution in [3.8, 4) is 0 Å². The predicted molar refractivity (Wildman–Crippen MR) is 86.4 cm³/mol. The summed E-state index contributed by atoms with van der Waals surface area (Å²) in [6, 6.07) is 11.3. The Morgan fingerprint density at radius 2 is 1.85 bits per heavy atom. The molecule has 0 aromatic heterocycles. The van der Waals surface area contributed by atoms with Crippen molar-refractivity contribution in [3.63, 3.8) is 0 Å². The molecule has 0 radical (unpaired) electrons. The quantitative estimate of drug-likeness (QED) is 0.901. The first-order valence-electron chi connectivity index (χ1n) is 8.39. The van der Waals surface area contributed by atoms with Crippen LogP contribution in [0.1, 0.15) is 51.5 Å². The molecule has 1 fully saturated rings. The summed E-state index contributed by atoms with van der Waals surface area (Å²) in [6.07, 6.45) is 7.92. The van der Waals surface area contributed by atoms with Crippen LogP contribution in [0, 0.1) is 0 Å². The van der Waals surface area contributed by atoms with Crippen LogP contribution in [0.4, 0.5) is 5.69 Å². The number of rotatable bonds is 3. The van der Waals surface area contributed by atoms with Crippen molar-refractivity contribution >= 4 is 5.69 Å². The summed E-state index contributed by atoms with van der Waals surface area (Å²) in [4.78, 5) is 2.74. The number of para-hydroxylation sites is 1. The molecule has 1 heterocycles. The summed E-state index contributed by atoms with van der Waals surface area (Å²) in [5, 5.41) is 3.62. The third-order valence-electron chi connectivity index (χ3n) is 5.16. The van der Waals surface area contributed by atoms with Gasteiger partial charge in [0.15, 0.2) is 0 Å². The SMILES string of the molecule is CCNC1CCC(N2c3ccccc3CCC2C)CC1. The molecule has 1 atom stereocenters. The van der Waals surface area contributed by atoms with Gasteiger partial charge in [-0.2, -0.15) is 0 Å². The van der Waals surface area contributed by atoms with Crippen LogP contribution in [0.3, 0.4) is 0 Å². The minimum absolute atomic E-state index is 0.700. The van der Waals surface area contributed by atoms with E-state index in [1.807, 2.05) is 0 Å². The van der Waals surface area contributed by atoms with Gasteiger partial charge in [0.25, 0.3) is 0 Å². The number of nitrogens with one attached hydrogen (secondary N) is 1. The molecular formula is C18H28N2. The maximum atomic E-state index is 3.62. The molecule has 1 unspecified atom stereocenters. The molecule has 1 aromatic rings. The predicted octanol–water partition coefficient (Wildman–Crippen LogP) is 3.75. The lowest BCUT2D eigenvalue weighted by Crippen LogP contribution is -2.48. The number of anilines is 1. The number of aryl methyl sites for hydroxylation is 1. The van der Waals surface area contributed by atoms with Crippen molar-refractivity contribution in [2.75, 3.05) is 11.4 Å². The van der Waals surface area contributed by atoms with Crippen molar-refractivity contribution in [2.45, 2.75) is 70.5 Å². The highest BCUT2D eigenvalue weighted by Crippen LogP contribution is 2.36. The molecule has 1 N–H and O–H groups in total. The van der Waals surface area contributed by atoms with Gasteiger partial charge in [0, 0.05) is 23.8 Å². The Balaban J connectivity index is 1.74. The van der Waals surface area contributed by atoms with Crippen LogP contribution in [-0.4, -0.2) is 24.7 Å². The molecule has 0 spiro atoms. The molecule has 110 valence electrons. The molecule has 2 heteroatoms. The van der Waals surface area contributed by atoms with E-state index >= 15 is 0 Å². The minimum Gasteiger partial charge on any atom is -0.366 e. The molecule has 0 bridgehead atoms. The molecule has 1 saturated carbocycles. The van der Waals surface area contributed by atoms with Gasteiger partial charge in [-0.05, 0) is 63.6 Å². The van der Waals surface area contributed by atoms with E-state index in [0.29, 0.717) is 6.04 Å². The van der Waals surface area contributed by atoms with E-state index in [1.165, 1.54) is 44.2 Å². The fourth-order valence-electron chi connectivity index (χ4n) is 4.12. The second-order valence-electron chi connectivity index (χ2n) is 6.49. The smallest absolute Gasteiger partial charge is 0.0403 e. The van der Waals surface area contributed by atoms with Crippen molar-refractivity contribution < 1.29 is 0 Å². The number of hydrogen-bond acceptors (Lipinski definition) is 2. The highest BCUT2D eigenvalue weighted by molar-refractivity contribution is 5.57. The number of fused-ring (bicyclic) bond motifs is 1. The lowest BCUT2D eigenvalue weighted by molar-refractivity contribution is 0.319. The van der Waals surface area contributed by atoms with E-state index < -0.39 is 0 Å². The maximum Gasteiger partial charge on any atom is 0.0403 e. The van der Waals surface area contributed by atoms with E-state index in [-0.39, 0.29) is 0 Å². The van der Waals surface area contributed by atoms with E-state index in [1.54, 1.807) is 5.56 Å². The van der Waals surface area contributed by atoms with E-state index in [2.05, 4.69) is 48.3 Å². The number of nitrogens with zero attached hydrogens (tertiary/aromatic N) is 1. The van der Waals surface area contributed by atoms with E-state index in [9.17, 15) is 0 Å². The van der Waals surface area contributed by atoms with Crippen LogP contribution >= 0.6 is 0 Å². The fraction of sp³-hybridized carbons (Fsp3) is 0.667. The number of hydrogen-bond donors (Lipinski definition) is 1. The largest absolute Gasteiger partial charge is 0.366 e. The topological polar surface area (TPSA) is 15.3 Å². The van der Waals surface area contributed by atoms with Crippen LogP contribution in [-0.2, 0) is 6.42 Å². The molecular weight excluding hydrogens is 244 g/mol. The minimum atomic E-state index is 0.700. The van der Waals surface area contributed by atoms with Gasteiger partial charge in [-0.25, -0.2) is 0 Å². The monoisotopic (exact) mass is 272 g/mol. The third kappa shape index (κ3) is 2.71. The summed E-state index contributed by atoms with van der Waals surface area (Å²) < 4.78 is 0. The molecule has 2 aliphatic rings. The van der Waals surface area contributed by atoms with Gasteiger partial charge in [0.2, 0.25) is 0 Å². The van der Waals surface area contributed by atoms with Crippen LogP contribution in [0.2, 0.25) is 0 Å². The first-order chi connectivity index (χ1) is 9.79. The second-order valence-corrected chi connectivity index (χ2v) is 6.49. The average Bonchev–Trinajstić information content (AvgIpc) is 2.49. The highest BCUT2D eigenvalue weighted by atomic mass is 15.2. The molecule has 3 rings (SSSR count). The van der Waals surface area contributed by atoms with Gasteiger partial charge in [-0.1, -0.05) is 25.1 Å². The molecule has 1 aliphatic heterocycles. The normalized spacial score (nSPS) is 30.1. The Bertz CT molecular complexity index is 435. The third-order valence-corrected chi connectivity index (χ3v) is 5.16. The van der Waals surface area contributed by atoms with Gasteiger partial charge < -0.3 is 10.2 Å². The van der Waals surface area contributed by atoms with Crippen LogP contribution in [0.5, 0.6) is 0 Å². The van der Waals surface area contributed by atoms with Crippen LogP contribution < -0.4 is 10.2 Å². The summed E-state index contributed by atoms with van der Waals surface area (Å²) in [6.45, 7) is 5.74. The van der Waals surface area contributed by atoms with Gasteiger partial charge in [0.1, 0.15) is 0 Å². The Kier molecular flexibility index (Phi) is 4.30. The first kappa shape index (κ1) is 13.9. The van der Waals surface area contributed by atoms with Crippen molar-refractivity contribution in [1.82, 2.24) is 5.32 Å². The fourth-order valence-corrected chi connectivity index (χ4v) is 4.12. The lowest BCUT2D eigenvalue weighted by atomic mass is 9.86. The van der Waals surface area contributed by atoms with Crippen molar-refractivity contribution in [2.24, 2.45) is 0 Å². The van der Waals surface area contributed by atoms with Gasteiger partial charge >= 0.3 is 0 Å². The van der Waals surface area contributed by atoms with E-state index in [4.69, 9.17) is 0 Å². The molecule has 20 heavy (non-hydrogen) atoms. The Morgan fingerprint density at radius 3 is 2.60 bits per heavy atom. The molecule has 0 saturated heterocycles. The zero-order chi connectivity index (χ0) is 13.9. The van der Waals surface area contributed by atoms with Crippen molar-refractivity contribution in [3.05, 3.63) is 29.8 Å². The average molecular weight is 272 g/mol. The maximum absolute atomic E-state index is 3.62. The van der Waals surface area contributed by atoms with Gasteiger partial charge in [0.05, 0.1) is 0 Å². The van der Waals surface area contributed by atoms with Gasteiger partial charge in [-0.3, -0.25) is 0 Å². The standard InChI is InChI=1S/C18H28N2/c1-3-19-16-10-12-17(13-11-16)20-14(2)8-9-15-6-4-5-7-18(15)20/h4-7,14,16-17,19H,3,8-13H2,1-2H3. The summed E-state index contributed by atoms with van der Waals surface area (Å²) in [7, 11) is 0.